The fourth-order valence-corrected chi connectivity index (χ4v) is 2.80. The summed E-state index contributed by atoms with van der Waals surface area (Å²) in [6.45, 7) is 5.18. The first-order valence-corrected chi connectivity index (χ1v) is 6.38. The topological polar surface area (TPSA) is 29.9 Å². The Kier molecular flexibility index (Phi) is 3.55. The van der Waals surface area contributed by atoms with Gasteiger partial charge in [-0.15, -0.1) is 0 Å². The number of nitrogens with one attached hydrogen (secondary N) is 1. The van der Waals surface area contributed by atoms with Crippen LogP contribution in [0.15, 0.2) is 0 Å². The molecule has 2 rings (SSSR count). The summed E-state index contributed by atoms with van der Waals surface area (Å²) in [4.78, 5) is 0. The van der Waals surface area contributed by atoms with Crippen LogP contribution in [0, 0.1) is 12.8 Å². The number of aromatic nitrogens is 2. The smallest absolute Gasteiger partial charge is 0.131 e. The SMILES string of the molecule is Cc1nn(C)c(Cl)c1CNC1CCCC1C. The first-order valence-electron chi connectivity index (χ1n) is 6.01. The van der Waals surface area contributed by atoms with E-state index >= 15 is 0 Å². The standard InChI is InChI=1S/C12H20ClN3/c1-8-5-4-6-11(8)14-7-10-9(2)15-16(3)12(10)13/h8,11,14H,4-7H2,1-3H3. The van der Waals surface area contributed by atoms with Gasteiger partial charge in [-0.25, -0.2) is 0 Å². The molecule has 1 N–H and O–H groups in total. The zero-order valence-corrected chi connectivity index (χ0v) is 11.0. The predicted octanol–water partition coefficient (Wildman–Crippen LogP) is 2.66. The summed E-state index contributed by atoms with van der Waals surface area (Å²) in [5.41, 5.74) is 2.17. The monoisotopic (exact) mass is 241 g/mol. The summed E-state index contributed by atoms with van der Waals surface area (Å²) in [6.07, 6.45) is 3.98. The summed E-state index contributed by atoms with van der Waals surface area (Å²) < 4.78 is 1.74. The lowest BCUT2D eigenvalue weighted by atomic mass is 10.1. The molecule has 0 amide bonds. The minimum absolute atomic E-state index is 0.649. The van der Waals surface area contributed by atoms with Crippen molar-refractivity contribution < 1.29 is 0 Å². The van der Waals surface area contributed by atoms with Crippen LogP contribution >= 0.6 is 11.6 Å². The molecule has 0 saturated heterocycles. The second-order valence-electron chi connectivity index (χ2n) is 4.87. The van der Waals surface area contributed by atoms with Gasteiger partial charge in [0, 0.05) is 25.2 Å². The van der Waals surface area contributed by atoms with Gasteiger partial charge in [-0.05, 0) is 25.7 Å². The van der Waals surface area contributed by atoms with Crippen molar-refractivity contribution in [1.82, 2.24) is 15.1 Å². The third-order valence-corrected chi connectivity index (χ3v) is 4.15. The third-order valence-electron chi connectivity index (χ3n) is 3.67. The van der Waals surface area contributed by atoms with Crippen molar-refractivity contribution in [2.24, 2.45) is 13.0 Å². The second-order valence-corrected chi connectivity index (χ2v) is 5.23. The van der Waals surface area contributed by atoms with E-state index in [9.17, 15) is 0 Å². The van der Waals surface area contributed by atoms with E-state index in [0.29, 0.717) is 6.04 Å². The van der Waals surface area contributed by atoms with Crippen molar-refractivity contribution in [3.63, 3.8) is 0 Å². The molecule has 4 heteroatoms. The maximum absolute atomic E-state index is 6.20. The molecule has 0 radical (unpaired) electrons. The fraction of sp³-hybridized carbons (Fsp3) is 0.750. The number of nitrogens with zero attached hydrogens (tertiary/aromatic N) is 2. The quantitative estimate of drug-likeness (QED) is 0.882. The summed E-state index contributed by atoms with van der Waals surface area (Å²) in [6, 6.07) is 0.649. The van der Waals surface area contributed by atoms with Crippen molar-refractivity contribution >= 4 is 11.6 Å². The van der Waals surface area contributed by atoms with Gasteiger partial charge in [0.25, 0.3) is 0 Å². The lowest BCUT2D eigenvalue weighted by molar-refractivity contribution is 0.425. The Labute approximate surface area is 102 Å². The molecule has 0 aromatic carbocycles. The van der Waals surface area contributed by atoms with E-state index in [1.54, 1.807) is 4.68 Å². The molecule has 1 saturated carbocycles. The van der Waals surface area contributed by atoms with E-state index in [1.165, 1.54) is 19.3 Å². The van der Waals surface area contributed by atoms with Gasteiger partial charge in [-0.3, -0.25) is 4.68 Å². The molecular weight excluding hydrogens is 222 g/mol. The number of hydrogen-bond donors (Lipinski definition) is 1. The minimum Gasteiger partial charge on any atom is -0.309 e. The predicted molar refractivity (Wildman–Crippen MR) is 66.6 cm³/mol. The van der Waals surface area contributed by atoms with E-state index in [2.05, 4.69) is 17.3 Å². The first kappa shape index (κ1) is 11.9. The molecule has 2 atom stereocenters. The lowest BCUT2D eigenvalue weighted by Gasteiger charge is -2.17. The lowest BCUT2D eigenvalue weighted by Crippen LogP contribution is -2.30. The molecule has 1 aliphatic rings. The largest absolute Gasteiger partial charge is 0.309 e. The average molecular weight is 242 g/mol. The molecule has 1 aliphatic carbocycles. The molecular formula is C12H20ClN3. The Balaban J connectivity index is 1.99. The van der Waals surface area contributed by atoms with Gasteiger partial charge < -0.3 is 5.32 Å². The molecule has 16 heavy (non-hydrogen) atoms. The fourth-order valence-electron chi connectivity index (χ4n) is 2.56. The first-order chi connectivity index (χ1) is 7.59. The van der Waals surface area contributed by atoms with Crippen LogP contribution < -0.4 is 5.32 Å². The third kappa shape index (κ3) is 2.25. The number of halogens is 1. The van der Waals surface area contributed by atoms with Crippen LogP contribution in [0.3, 0.4) is 0 Å². The molecule has 1 aromatic rings. The Morgan fingerprint density at radius 3 is 2.75 bits per heavy atom. The normalized spacial score (nSPS) is 25.2. The van der Waals surface area contributed by atoms with Crippen molar-refractivity contribution in [2.45, 2.75) is 45.7 Å². The van der Waals surface area contributed by atoms with E-state index < -0.39 is 0 Å². The molecule has 1 heterocycles. The summed E-state index contributed by atoms with van der Waals surface area (Å²) in [5, 5.41) is 8.68. The van der Waals surface area contributed by atoms with Crippen LogP contribution in [0.25, 0.3) is 0 Å². The second kappa shape index (κ2) is 4.76. The van der Waals surface area contributed by atoms with Crippen molar-refractivity contribution in [3.8, 4) is 0 Å². The van der Waals surface area contributed by atoms with Crippen LogP contribution in [0.5, 0.6) is 0 Å². The highest BCUT2D eigenvalue weighted by molar-refractivity contribution is 6.30. The molecule has 0 spiro atoms. The highest BCUT2D eigenvalue weighted by atomic mass is 35.5. The number of rotatable bonds is 3. The zero-order chi connectivity index (χ0) is 11.7. The summed E-state index contributed by atoms with van der Waals surface area (Å²) in [7, 11) is 1.89. The van der Waals surface area contributed by atoms with Crippen molar-refractivity contribution in [1.29, 1.82) is 0 Å². The minimum atomic E-state index is 0.649. The molecule has 2 unspecified atom stereocenters. The maximum Gasteiger partial charge on any atom is 0.131 e. The molecule has 0 aliphatic heterocycles. The Bertz CT molecular complexity index is 373. The van der Waals surface area contributed by atoms with E-state index in [0.717, 1.165) is 28.9 Å². The van der Waals surface area contributed by atoms with Gasteiger partial charge in [0.15, 0.2) is 0 Å². The van der Waals surface area contributed by atoms with Gasteiger partial charge in [0.1, 0.15) is 5.15 Å². The molecule has 1 fully saturated rings. The molecule has 90 valence electrons. The van der Waals surface area contributed by atoms with E-state index in [4.69, 9.17) is 11.6 Å². The Morgan fingerprint density at radius 2 is 2.25 bits per heavy atom. The van der Waals surface area contributed by atoms with Crippen LogP contribution in [-0.2, 0) is 13.6 Å². The van der Waals surface area contributed by atoms with Crippen molar-refractivity contribution in [2.75, 3.05) is 0 Å². The zero-order valence-electron chi connectivity index (χ0n) is 10.3. The Morgan fingerprint density at radius 1 is 1.50 bits per heavy atom. The van der Waals surface area contributed by atoms with Crippen LogP contribution in [0.2, 0.25) is 5.15 Å². The van der Waals surface area contributed by atoms with Crippen LogP contribution in [-0.4, -0.2) is 15.8 Å². The maximum atomic E-state index is 6.20. The summed E-state index contributed by atoms with van der Waals surface area (Å²) in [5.74, 6) is 0.788. The van der Waals surface area contributed by atoms with Crippen LogP contribution in [0.4, 0.5) is 0 Å². The molecule has 1 aromatic heterocycles. The number of aryl methyl sites for hydroxylation is 2. The van der Waals surface area contributed by atoms with Gasteiger partial charge in [-0.1, -0.05) is 24.9 Å². The van der Waals surface area contributed by atoms with Gasteiger partial charge >= 0.3 is 0 Å². The van der Waals surface area contributed by atoms with Gasteiger partial charge in [-0.2, -0.15) is 5.10 Å². The average Bonchev–Trinajstić information content (AvgIpc) is 2.72. The van der Waals surface area contributed by atoms with Crippen molar-refractivity contribution in [3.05, 3.63) is 16.4 Å². The van der Waals surface area contributed by atoms with E-state index in [1.807, 2.05) is 14.0 Å². The van der Waals surface area contributed by atoms with E-state index in [-0.39, 0.29) is 0 Å². The summed E-state index contributed by atoms with van der Waals surface area (Å²) >= 11 is 6.20. The van der Waals surface area contributed by atoms with Crippen LogP contribution in [0.1, 0.15) is 37.4 Å². The highest BCUT2D eigenvalue weighted by Crippen LogP contribution is 2.26. The van der Waals surface area contributed by atoms with Gasteiger partial charge in [0.05, 0.1) is 5.69 Å². The molecule has 3 nitrogen and oxygen atoms in total. The van der Waals surface area contributed by atoms with Gasteiger partial charge in [0.2, 0.25) is 0 Å². The highest BCUT2D eigenvalue weighted by Gasteiger charge is 2.23. The molecule has 0 bridgehead atoms. The Hall–Kier alpha value is -0.540. The number of hydrogen-bond acceptors (Lipinski definition) is 2.